The van der Waals surface area contributed by atoms with E-state index in [2.05, 4.69) is 10.3 Å². The van der Waals surface area contributed by atoms with E-state index in [4.69, 9.17) is 23.2 Å². The molecule has 0 unspecified atom stereocenters. The second kappa shape index (κ2) is 9.85. The number of aryl methyl sites for hydroxylation is 1. The van der Waals surface area contributed by atoms with E-state index in [1.54, 1.807) is 30.3 Å². The molecule has 0 saturated heterocycles. The molecular formula is C25H18Cl2FN3O4. The van der Waals surface area contributed by atoms with Crippen molar-refractivity contribution in [1.29, 1.82) is 0 Å². The number of aliphatic carboxylic acids is 1. The van der Waals surface area contributed by atoms with Gasteiger partial charge in [0.25, 0.3) is 11.5 Å². The lowest BCUT2D eigenvalue weighted by molar-refractivity contribution is -0.139. The summed E-state index contributed by atoms with van der Waals surface area (Å²) in [6.07, 6.45) is 2.50. The lowest BCUT2D eigenvalue weighted by Gasteiger charge is -2.17. The van der Waals surface area contributed by atoms with E-state index in [1.807, 2.05) is 0 Å². The van der Waals surface area contributed by atoms with Gasteiger partial charge in [-0.25, -0.2) is 9.18 Å². The molecule has 0 bridgehead atoms. The summed E-state index contributed by atoms with van der Waals surface area (Å²) >= 11 is 12.2. The SMILES string of the molecule is Cn1cc(F)cc(-c2ccc(C[C@H](NC(=O)c3c(Cl)cccc3Cl)C(=O)O)c3ncccc23)c1=O. The van der Waals surface area contributed by atoms with Gasteiger partial charge in [0, 0.05) is 31.2 Å². The molecule has 0 saturated carbocycles. The third-order valence-electron chi connectivity index (χ3n) is 5.51. The maximum absolute atomic E-state index is 14.1. The van der Waals surface area contributed by atoms with Gasteiger partial charge in [0.15, 0.2) is 0 Å². The molecule has 2 aromatic heterocycles. The predicted molar refractivity (Wildman–Crippen MR) is 131 cm³/mol. The molecule has 178 valence electrons. The van der Waals surface area contributed by atoms with Gasteiger partial charge in [-0.3, -0.25) is 14.6 Å². The summed E-state index contributed by atoms with van der Waals surface area (Å²) in [7, 11) is 1.45. The highest BCUT2D eigenvalue weighted by atomic mass is 35.5. The molecule has 4 aromatic rings. The van der Waals surface area contributed by atoms with Crippen LogP contribution >= 0.6 is 23.2 Å². The minimum atomic E-state index is -1.33. The zero-order valence-electron chi connectivity index (χ0n) is 18.3. The highest BCUT2D eigenvalue weighted by Crippen LogP contribution is 2.29. The average Bonchev–Trinajstić information content (AvgIpc) is 2.81. The monoisotopic (exact) mass is 513 g/mol. The predicted octanol–water partition coefficient (Wildman–Crippen LogP) is 4.47. The minimum absolute atomic E-state index is 0.0256. The number of carboxylic acid groups (broad SMARTS) is 1. The lowest BCUT2D eigenvalue weighted by Crippen LogP contribution is -2.42. The summed E-state index contributed by atoms with van der Waals surface area (Å²) in [5, 5.41) is 13.0. The van der Waals surface area contributed by atoms with E-state index in [1.165, 1.54) is 25.4 Å². The fourth-order valence-corrected chi connectivity index (χ4v) is 4.43. The number of carbonyl (C=O) groups excluding carboxylic acids is 1. The van der Waals surface area contributed by atoms with E-state index in [0.717, 1.165) is 16.8 Å². The van der Waals surface area contributed by atoms with Gasteiger partial charge in [-0.2, -0.15) is 0 Å². The van der Waals surface area contributed by atoms with Crippen LogP contribution in [0.1, 0.15) is 15.9 Å². The Labute approximate surface area is 208 Å². The second-order valence-electron chi connectivity index (χ2n) is 7.82. The molecule has 10 heteroatoms. The van der Waals surface area contributed by atoms with Crippen molar-refractivity contribution in [3.8, 4) is 11.1 Å². The standard InChI is InChI=1S/C25H18Cl2FN3O4/c1-31-12-14(28)11-17(24(31)33)15-8-7-13(22-16(15)4-3-9-29-22)10-20(25(34)35)30-23(32)21-18(26)5-2-6-19(21)27/h2-9,11-12,20H,10H2,1H3,(H,30,32)(H,34,35)/t20-/m0/s1. The van der Waals surface area contributed by atoms with Gasteiger partial charge in [-0.05, 0) is 35.4 Å². The largest absolute Gasteiger partial charge is 0.480 e. The zero-order chi connectivity index (χ0) is 25.3. The smallest absolute Gasteiger partial charge is 0.326 e. The molecule has 0 aliphatic carbocycles. The Hall–Kier alpha value is -3.75. The summed E-state index contributed by atoms with van der Waals surface area (Å²) in [4.78, 5) is 41.8. The molecule has 1 amide bonds. The third kappa shape index (κ3) is 4.89. The molecule has 0 spiro atoms. The van der Waals surface area contributed by atoms with Gasteiger partial charge < -0.3 is 15.0 Å². The first kappa shape index (κ1) is 24.4. The Morgan fingerprint density at radius 3 is 2.51 bits per heavy atom. The summed E-state index contributed by atoms with van der Waals surface area (Å²) < 4.78 is 15.2. The Morgan fingerprint density at radius 1 is 1.11 bits per heavy atom. The normalized spacial score (nSPS) is 11.9. The fourth-order valence-electron chi connectivity index (χ4n) is 3.86. The molecule has 2 N–H and O–H groups in total. The first-order chi connectivity index (χ1) is 16.7. The highest BCUT2D eigenvalue weighted by molar-refractivity contribution is 6.39. The van der Waals surface area contributed by atoms with Gasteiger partial charge >= 0.3 is 5.97 Å². The van der Waals surface area contributed by atoms with Gasteiger partial charge in [0.2, 0.25) is 0 Å². The van der Waals surface area contributed by atoms with E-state index in [9.17, 15) is 23.9 Å². The van der Waals surface area contributed by atoms with Crippen molar-refractivity contribution in [2.75, 3.05) is 0 Å². The maximum Gasteiger partial charge on any atom is 0.326 e. The van der Waals surface area contributed by atoms with E-state index >= 15 is 0 Å². The minimum Gasteiger partial charge on any atom is -0.480 e. The molecule has 0 aliphatic heterocycles. The molecule has 35 heavy (non-hydrogen) atoms. The number of pyridine rings is 2. The number of carboxylic acids is 1. The maximum atomic E-state index is 14.1. The van der Waals surface area contributed by atoms with Crippen LogP contribution in [0.5, 0.6) is 0 Å². The number of rotatable bonds is 6. The van der Waals surface area contributed by atoms with Crippen LogP contribution in [0.3, 0.4) is 0 Å². The Balaban J connectivity index is 1.74. The van der Waals surface area contributed by atoms with E-state index in [-0.39, 0.29) is 27.6 Å². The average molecular weight is 514 g/mol. The van der Waals surface area contributed by atoms with Crippen molar-refractivity contribution in [2.24, 2.45) is 7.05 Å². The number of aromatic nitrogens is 2. The number of nitrogens with one attached hydrogen (secondary N) is 1. The molecule has 2 heterocycles. The molecular weight excluding hydrogens is 496 g/mol. The lowest BCUT2D eigenvalue weighted by atomic mass is 9.95. The number of carbonyl (C=O) groups is 2. The van der Waals surface area contributed by atoms with Crippen LogP contribution < -0.4 is 10.9 Å². The van der Waals surface area contributed by atoms with Gasteiger partial charge in [0.05, 0.1) is 26.7 Å². The summed E-state index contributed by atoms with van der Waals surface area (Å²) in [5.41, 5.74) is 1.12. The molecule has 1 atom stereocenters. The quantitative estimate of drug-likeness (QED) is 0.396. The molecule has 0 fully saturated rings. The van der Waals surface area contributed by atoms with Gasteiger partial charge in [-0.15, -0.1) is 0 Å². The first-order valence-corrected chi connectivity index (χ1v) is 11.1. The highest BCUT2D eigenvalue weighted by Gasteiger charge is 2.25. The second-order valence-corrected chi connectivity index (χ2v) is 8.64. The molecule has 0 radical (unpaired) electrons. The number of fused-ring (bicyclic) bond motifs is 1. The van der Waals surface area contributed by atoms with Crippen molar-refractivity contribution in [3.63, 3.8) is 0 Å². The third-order valence-corrected chi connectivity index (χ3v) is 6.14. The number of halogens is 3. The van der Waals surface area contributed by atoms with Gasteiger partial charge in [0.1, 0.15) is 11.9 Å². The molecule has 2 aromatic carbocycles. The van der Waals surface area contributed by atoms with Crippen LogP contribution in [0, 0.1) is 5.82 Å². The summed E-state index contributed by atoms with van der Waals surface area (Å²) in [6, 6.07) is 10.9. The molecule has 4 rings (SSSR count). The first-order valence-electron chi connectivity index (χ1n) is 10.4. The summed E-state index contributed by atoms with van der Waals surface area (Å²) in [6.45, 7) is 0. The van der Waals surface area contributed by atoms with Crippen LogP contribution in [-0.4, -0.2) is 32.6 Å². The van der Waals surface area contributed by atoms with Crippen molar-refractivity contribution < 1.29 is 19.1 Å². The van der Waals surface area contributed by atoms with Crippen LogP contribution in [0.4, 0.5) is 4.39 Å². The zero-order valence-corrected chi connectivity index (χ0v) is 19.8. The number of benzene rings is 2. The molecule has 0 aliphatic rings. The summed E-state index contributed by atoms with van der Waals surface area (Å²) in [5.74, 6) is -2.58. The Morgan fingerprint density at radius 2 is 1.83 bits per heavy atom. The van der Waals surface area contributed by atoms with Crippen LogP contribution in [0.2, 0.25) is 10.0 Å². The van der Waals surface area contributed by atoms with Crippen molar-refractivity contribution in [3.05, 3.63) is 98.3 Å². The Kier molecular flexibility index (Phi) is 6.86. The van der Waals surface area contributed by atoms with Crippen LogP contribution in [0.25, 0.3) is 22.0 Å². The number of amides is 1. The van der Waals surface area contributed by atoms with Gasteiger partial charge in [-0.1, -0.05) is 47.5 Å². The van der Waals surface area contributed by atoms with Crippen molar-refractivity contribution in [1.82, 2.24) is 14.9 Å². The van der Waals surface area contributed by atoms with Crippen molar-refractivity contribution in [2.45, 2.75) is 12.5 Å². The number of hydrogen-bond donors (Lipinski definition) is 2. The van der Waals surface area contributed by atoms with E-state index < -0.39 is 29.3 Å². The number of hydrogen-bond acceptors (Lipinski definition) is 4. The topological polar surface area (TPSA) is 101 Å². The van der Waals surface area contributed by atoms with Crippen LogP contribution in [0.15, 0.2) is 65.7 Å². The van der Waals surface area contributed by atoms with E-state index in [0.29, 0.717) is 22.0 Å². The fraction of sp³-hybridized carbons (Fsp3) is 0.120. The van der Waals surface area contributed by atoms with Crippen LogP contribution in [-0.2, 0) is 18.3 Å². The van der Waals surface area contributed by atoms with Crippen molar-refractivity contribution >= 4 is 46.0 Å². The molecule has 7 nitrogen and oxygen atoms in total. The number of nitrogens with zero attached hydrogens (tertiary/aromatic N) is 2. The Bertz CT molecular complexity index is 1520.